The van der Waals surface area contributed by atoms with E-state index in [1.807, 2.05) is 6.92 Å². The Labute approximate surface area is 115 Å². The van der Waals surface area contributed by atoms with E-state index in [2.05, 4.69) is 27.2 Å². The summed E-state index contributed by atoms with van der Waals surface area (Å²) in [6, 6.07) is 4.24. The van der Waals surface area contributed by atoms with Crippen molar-refractivity contribution in [1.29, 1.82) is 0 Å². The molecular formula is C15H24N2O2. The van der Waals surface area contributed by atoms with Crippen LogP contribution in [0.25, 0.3) is 0 Å². The molecule has 106 valence electrons. The van der Waals surface area contributed by atoms with Crippen molar-refractivity contribution < 1.29 is 9.53 Å². The van der Waals surface area contributed by atoms with E-state index in [9.17, 15) is 4.79 Å². The Morgan fingerprint density at radius 1 is 1.47 bits per heavy atom. The predicted molar refractivity (Wildman–Crippen MR) is 77.6 cm³/mol. The summed E-state index contributed by atoms with van der Waals surface area (Å²) in [5.41, 5.74) is 2.41. The Kier molecular flexibility index (Phi) is 7.82. The van der Waals surface area contributed by atoms with Gasteiger partial charge in [-0.1, -0.05) is 6.07 Å². The zero-order valence-corrected chi connectivity index (χ0v) is 11.9. The van der Waals surface area contributed by atoms with E-state index in [0.717, 1.165) is 50.2 Å². The van der Waals surface area contributed by atoms with Crippen LogP contribution in [0.3, 0.4) is 0 Å². The second-order valence-electron chi connectivity index (χ2n) is 4.48. The van der Waals surface area contributed by atoms with E-state index >= 15 is 0 Å². The Morgan fingerprint density at radius 3 is 2.95 bits per heavy atom. The van der Waals surface area contributed by atoms with Gasteiger partial charge in [0.25, 0.3) is 0 Å². The number of rotatable bonds is 5. The average molecular weight is 264 g/mol. The van der Waals surface area contributed by atoms with Crippen LogP contribution < -0.4 is 5.32 Å². The Morgan fingerprint density at radius 2 is 2.26 bits per heavy atom. The van der Waals surface area contributed by atoms with Crippen LogP contribution >= 0.6 is 0 Å². The summed E-state index contributed by atoms with van der Waals surface area (Å²) >= 11 is 0. The van der Waals surface area contributed by atoms with Gasteiger partial charge in [0.1, 0.15) is 12.1 Å². The zero-order valence-electron chi connectivity index (χ0n) is 11.9. The number of methoxy groups -OCH3 is 1. The summed E-state index contributed by atoms with van der Waals surface area (Å²) in [7, 11) is 1.68. The molecule has 2 rings (SSSR count). The van der Waals surface area contributed by atoms with Crippen molar-refractivity contribution in [2.45, 2.75) is 39.0 Å². The van der Waals surface area contributed by atoms with Gasteiger partial charge in [0.2, 0.25) is 0 Å². The van der Waals surface area contributed by atoms with Crippen LogP contribution in [0.5, 0.6) is 0 Å². The first kappa shape index (κ1) is 15.6. The summed E-state index contributed by atoms with van der Waals surface area (Å²) in [4.78, 5) is 14.8. The van der Waals surface area contributed by atoms with E-state index in [1.54, 1.807) is 7.11 Å². The van der Waals surface area contributed by atoms with Crippen LogP contribution in [-0.2, 0) is 22.4 Å². The number of nitrogens with one attached hydrogen (secondary N) is 1. The number of anilines is 1. The lowest BCUT2D eigenvalue weighted by atomic mass is 10.1. The van der Waals surface area contributed by atoms with Gasteiger partial charge in [-0.2, -0.15) is 0 Å². The fourth-order valence-electron chi connectivity index (χ4n) is 1.87. The molecule has 1 aromatic rings. The van der Waals surface area contributed by atoms with Gasteiger partial charge in [-0.25, -0.2) is 4.98 Å². The third kappa shape index (κ3) is 5.83. The second-order valence-corrected chi connectivity index (χ2v) is 4.48. The third-order valence-electron chi connectivity index (χ3n) is 3.00. The first-order valence-electron chi connectivity index (χ1n) is 6.97. The van der Waals surface area contributed by atoms with Gasteiger partial charge in [-0.3, -0.25) is 0 Å². The number of aryl methyl sites for hydroxylation is 2. The number of fused-ring (bicyclic) bond motifs is 1. The molecule has 1 N–H and O–H groups in total. The number of carbonyl (C=O) groups excluding carboxylic acids is 1. The fraction of sp³-hybridized carbons (Fsp3) is 0.600. The summed E-state index contributed by atoms with van der Waals surface area (Å²) in [6.45, 7) is 3.80. The second kappa shape index (κ2) is 9.50. The smallest absolute Gasteiger partial charge is 0.129 e. The van der Waals surface area contributed by atoms with Crippen molar-refractivity contribution in [1.82, 2.24) is 4.98 Å². The van der Waals surface area contributed by atoms with Crippen molar-refractivity contribution >= 4 is 12.1 Å². The quantitative estimate of drug-likeness (QED) is 0.656. The highest BCUT2D eigenvalue weighted by Crippen LogP contribution is 2.20. The first-order chi connectivity index (χ1) is 9.31. The normalized spacial score (nSPS) is 12.7. The molecule has 1 aliphatic rings. The molecule has 0 spiro atoms. The van der Waals surface area contributed by atoms with Gasteiger partial charge in [0.05, 0.1) is 0 Å². The lowest BCUT2D eigenvalue weighted by Crippen LogP contribution is -2.13. The van der Waals surface area contributed by atoms with Gasteiger partial charge >= 0.3 is 0 Å². The number of unbranched alkanes of at least 4 members (excludes halogenated alkanes) is 1. The average Bonchev–Trinajstić information content (AvgIpc) is 2.48. The van der Waals surface area contributed by atoms with Crippen LogP contribution in [0.1, 0.15) is 37.4 Å². The molecule has 1 aromatic heterocycles. The maximum absolute atomic E-state index is 10.2. The van der Waals surface area contributed by atoms with Crippen molar-refractivity contribution in [3.8, 4) is 0 Å². The van der Waals surface area contributed by atoms with Gasteiger partial charge in [-0.05, 0) is 44.2 Å². The number of carbonyl (C=O) groups is 1. The highest BCUT2D eigenvalue weighted by molar-refractivity contribution is 5.49. The van der Waals surface area contributed by atoms with Crippen molar-refractivity contribution in [2.75, 3.05) is 25.6 Å². The van der Waals surface area contributed by atoms with E-state index < -0.39 is 0 Å². The molecule has 0 radical (unpaired) electrons. The molecule has 0 fully saturated rings. The number of ether oxygens (including phenoxy) is 1. The monoisotopic (exact) mass is 264 g/mol. The zero-order chi connectivity index (χ0) is 13.9. The minimum absolute atomic E-state index is 0.631. The van der Waals surface area contributed by atoms with Crippen LogP contribution in [0.4, 0.5) is 5.82 Å². The molecule has 0 unspecified atom stereocenters. The summed E-state index contributed by atoms with van der Waals surface area (Å²) < 4.78 is 4.54. The largest absolute Gasteiger partial charge is 0.385 e. The van der Waals surface area contributed by atoms with Crippen molar-refractivity contribution in [2.24, 2.45) is 0 Å². The molecule has 2 heterocycles. The molecule has 0 saturated heterocycles. The summed E-state index contributed by atoms with van der Waals surface area (Å²) in [6.07, 6.45) is 5.72. The van der Waals surface area contributed by atoms with Crippen molar-refractivity contribution in [3.63, 3.8) is 0 Å². The number of pyridine rings is 1. The fourth-order valence-corrected chi connectivity index (χ4v) is 1.87. The van der Waals surface area contributed by atoms with Crippen molar-refractivity contribution in [3.05, 3.63) is 23.4 Å². The number of hydrogen-bond donors (Lipinski definition) is 1. The first-order valence-corrected chi connectivity index (χ1v) is 6.97. The Bertz CT molecular complexity index is 378. The lowest BCUT2D eigenvalue weighted by Gasteiger charge is -2.17. The molecule has 0 aliphatic carbocycles. The summed E-state index contributed by atoms with van der Waals surface area (Å²) in [5.74, 6) is 1.05. The highest BCUT2D eigenvalue weighted by Gasteiger charge is 2.09. The molecule has 4 heteroatoms. The topological polar surface area (TPSA) is 51.2 Å². The van der Waals surface area contributed by atoms with Crippen LogP contribution in [0, 0.1) is 0 Å². The maximum atomic E-state index is 10.2. The lowest BCUT2D eigenvalue weighted by molar-refractivity contribution is -0.107. The van der Waals surface area contributed by atoms with E-state index in [0.29, 0.717) is 6.42 Å². The van der Waals surface area contributed by atoms with Gasteiger partial charge in [0.15, 0.2) is 0 Å². The maximum Gasteiger partial charge on any atom is 0.129 e. The van der Waals surface area contributed by atoms with Gasteiger partial charge < -0.3 is 14.8 Å². The highest BCUT2D eigenvalue weighted by atomic mass is 16.5. The molecule has 19 heavy (non-hydrogen) atoms. The van der Waals surface area contributed by atoms with Gasteiger partial charge in [-0.15, -0.1) is 0 Å². The number of nitrogens with zero attached hydrogens (tertiary/aromatic N) is 1. The molecule has 0 atom stereocenters. The van der Waals surface area contributed by atoms with Crippen LogP contribution in [0.2, 0.25) is 0 Å². The molecule has 0 saturated carbocycles. The predicted octanol–water partition coefficient (Wildman–Crippen LogP) is 2.61. The number of aldehydes is 1. The minimum Gasteiger partial charge on any atom is -0.385 e. The SMILES string of the molecule is CCOC.O=CCCCc1ccc2c(n1)NCCC2. The number of aromatic nitrogens is 1. The molecule has 0 bridgehead atoms. The van der Waals surface area contributed by atoms with Crippen LogP contribution in [0.15, 0.2) is 12.1 Å². The Hall–Kier alpha value is -1.42. The molecule has 4 nitrogen and oxygen atoms in total. The molecule has 1 aliphatic heterocycles. The molecule has 0 aromatic carbocycles. The third-order valence-corrected chi connectivity index (χ3v) is 3.00. The molecule has 0 amide bonds. The van der Waals surface area contributed by atoms with E-state index in [-0.39, 0.29) is 0 Å². The van der Waals surface area contributed by atoms with E-state index in [1.165, 1.54) is 12.0 Å². The number of hydrogen-bond acceptors (Lipinski definition) is 4. The van der Waals surface area contributed by atoms with Crippen LogP contribution in [-0.4, -0.2) is 31.5 Å². The minimum atomic E-state index is 0.631. The van der Waals surface area contributed by atoms with E-state index in [4.69, 9.17) is 0 Å². The Balaban J connectivity index is 0.000000399. The summed E-state index contributed by atoms with van der Waals surface area (Å²) in [5, 5.41) is 3.31. The van der Waals surface area contributed by atoms with Gasteiger partial charge in [0, 0.05) is 32.4 Å². The molecular weight excluding hydrogens is 240 g/mol. The standard InChI is InChI=1S/C12H16N2O.C3H8O/c15-9-2-1-5-11-7-6-10-4-3-8-13-12(10)14-11;1-3-4-2/h6-7,9H,1-5,8H2,(H,13,14);3H2,1-2H3.